The van der Waals surface area contributed by atoms with Crippen molar-refractivity contribution in [1.29, 1.82) is 0 Å². The molecule has 1 aliphatic carbocycles. The molecule has 1 unspecified atom stereocenters. The monoisotopic (exact) mass is 478 g/mol. The van der Waals surface area contributed by atoms with E-state index < -0.39 is 17.8 Å². The predicted octanol–water partition coefficient (Wildman–Crippen LogP) is 5.71. The molecule has 10 heteroatoms. The fourth-order valence-electron chi connectivity index (χ4n) is 3.37. The number of rotatable bonds is 8. The molecule has 1 saturated carbocycles. The average Bonchev–Trinajstić information content (AvgIpc) is 3.50. The van der Waals surface area contributed by atoms with Crippen LogP contribution < -0.4 is 10.6 Å². The number of nitrogens with one attached hydrogen (secondary N) is 2. The number of pyridine rings is 1. The Kier molecular flexibility index (Phi) is 6.71. The van der Waals surface area contributed by atoms with Gasteiger partial charge in [0.05, 0.1) is 27.3 Å². The summed E-state index contributed by atoms with van der Waals surface area (Å²) in [6, 6.07) is 7.45. The smallest absolute Gasteiger partial charge is 0.365 e. The molecule has 0 saturated heterocycles. The molecule has 1 atom stereocenters. The number of thiazole rings is 1. The van der Waals surface area contributed by atoms with Gasteiger partial charge in [0.2, 0.25) is 0 Å². The quantitative estimate of drug-likeness (QED) is 0.434. The highest BCUT2D eigenvalue weighted by atomic mass is 32.2. The van der Waals surface area contributed by atoms with Gasteiger partial charge in [0.15, 0.2) is 0 Å². The number of hydrogen-bond acceptors (Lipinski definition) is 6. The first kappa shape index (κ1) is 22.6. The van der Waals surface area contributed by atoms with E-state index in [0.717, 1.165) is 34.7 Å². The maximum Gasteiger partial charge on any atom is 0.433 e. The van der Waals surface area contributed by atoms with Gasteiger partial charge in [-0.15, -0.1) is 23.1 Å². The highest BCUT2D eigenvalue weighted by molar-refractivity contribution is 8.01. The zero-order valence-electron chi connectivity index (χ0n) is 17.1. The summed E-state index contributed by atoms with van der Waals surface area (Å²) in [5, 5.41) is 7.80. The lowest BCUT2D eigenvalue weighted by Crippen LogP contribution is -2.35. The van der Waals surface area contributed by atoms with Gasteiger partial charge in [-0.25, -0.2) is 9.97 Å². The van der Waals surface area contributed by atoms with E-state index in [1.54, 1.807) is 5.51 Å². The Balaban J connectivity index is 1.60. The Morgan fingerprint density at radius 3 is 2.84 bits per heavy atom. The minimum absolute atomic E-state index is 0.0812. The van der Waals surface area contributed by atoms with Crippen LogP contribution >= 0.6 is 23.1 Å². The van der Waals surface area contributed by atoms with Gasteiger partial charge in [0.1, 0.15) is 11.5 Å². The molecule has 0 aliphatic heterocycles. The van der Waals surface area contributed by atoms with E-state index in [1.807, 2.05) is 35.9 Å². The molecule has 4 rings (SSSR count). The molecule has 1 aliphatic rings. The standard InChI is InChI=1S/C22H21F3N4OS2/c1-31-10-9-16(13-5-6-13)28-21(30)15-7-8-18(22(23,24)25)29-20(15)26-11-14-3-2-4-17-19(14)32-12-27-17/h2-4,7-10,12-13,16H,5-6,11H2,1H3,(H,26,29)(H,28,30)/b10-9+. The Bertz CT molecular complexity index is 1140. The van der Waals surface area contributed by atoms with Gasteiger partial charge in [-0.3, -0.25) is 4.79 Å². The van der Waals surface area contributed by atoms with Crippen molar-refractivity contribution in [3.05, 3.63) is 64.1 Å². The Labute approximate surface area is 191 Å². The van der Waals surface area contributed by atoms with Gasteiger partial charge >= 0.3 is 6.18 Å². The number of alkyl halides is 3. The third-order valence-electron chi connectivity index (χ3n) is 5.16. The first-order chi connectivity index (χ1) is 15.4. The number of carbonyl (C=O) groups excluding carboxylic acids is 1. The number of thioether (sulfide) groups is 1. The van der Waals surface area contributed by atoms with Gasteiger partial charge in [-0.05, 0) is 54.2 Å². The van der Waals surface area contributed by atoms with E-state index >= 15 is 0 Å². The summed E-state index contributed by atoms with van der Waals surface area (Å²) in [7, 11) is 0. The van der Waals surface area contributed by atoms with Crippen LogP contribution in [0.4, 0.5) is 19.0 Å². The highest BCUT2D eigenvalue weighted by Crippen LogP contribution is 2.34. The number of benzene rings is 1. The van der Waals surface area contributed by atoms with Crippen molar-refractivity contribution < 1.29 is 18.0 Å². The second kappa shape index (κ2) is 9.50. The highest BCUT2D eigenvalue weighted by Gasteiger charge is 2.35. The van der Waals surface area contributed by atoms with Crippen LogP contribution in [0.25, 0.3) is 10.2 Å². The van der Waals surface area contributed by atoms with E-state index in [0.29, 0.717) is 5.92 Å². The molecule has 1 aromatic carbocycles. The van der Waals surface area contributed by atoms with E-state index in [9.17, 15) is 18.0 Å². The van der Waals surface area contributed by atoms with Crippen molar-refractivity contribution in [3.63, 3.8) is 0 Å². The van der Waals surface area contributed by atoms with Crippen molar-refractivity contribution in [2.45, 2.75) is 31.6 Å². The van der Waals surface area contributed by atoms with E-state index in [4.69, 9.17) is 0 Å². The van der Waals surface area contributed by atoms with Crippen molar-refractivity contribution in [1.82, 2.24) is 15.3 Å². The molecule has 2 heterocycles. The SMILES string of the molecule is CS/C=C/C(NC(=O)c1ccc(C(F)(F)F)nc1NCc1cccc2ncsc12)C1CC1. The summed E-state index contributed by atoms with van der Waals surface area (Å²) in [6.45, 7) is 0.215. The number of fused-ring (bicyclic) bond motifs is 1. The van der Waals surface area contributed by atoms with E-state index in [-0.39, 0.29) is 24.0 Å². The maximum atomic E-state index is 13.3. The first-order valence-electron chi connectivity index (χ1n) is 10.0. The largest absolute Gasteiger partial charge is 0.433 e. The van der Waals surface area contributed by atoms with Crippen LogP contribution in [0.2, 0.25) is 0 Å². The van der Waals surface area contributed by atoms with Crippen LogP contribution in [0.15, 0.2) is 47.3 Å². The number of nitrogens with zero attached hydrogens (tertiary/aromatic N) is 2. The fourth-order valence-corrected chi connectivity index (χ4v) is 4.50. The van der Waals surface area contributed by atoms with Gasteiger partial charge in [-0.1, -0.05) is 18.2 Å². The number of carbonyl (C=O) groups is 1. The molecule has 1 amide bonds. The molecule has 2 N–H and O–H groups in total. The normalized spacial score (nSPS) is 15.2. The Hall–Kier alpha value is -2.59. The van der Waals surface area contributed by atoms with Crippen LogP contribution in [0.5, 0.6) is 0 Å². The summed E-state index contributed by atoms with van der Waals surface area (Å²) in [5.41, 5.74) is 2.44. The number of anilines is 1. The summed E-state index contributed by atoms with van der Waals surface area (Å²) >= 11 is 2.98. The second-order valence-corrected chi connectivity index (χ2v) is 9.06. The molecule has 3 aromatic rings. The maximum absolute atomic E-state index is 13.3. The summed E-state index contributed by atoms with van der Waals surface area (Å²) < 4.78 is 40.8. The molecule has 0 spiro atoms. The predicted molar refractivity (Wildman–Crippen MR) is 123 cm³/mol. The van der Waals surface area contributed by atoms with Gasteiger partial charge in [0, 0.05) is 6.54 Å². The minimum atomic E-state index is -4.61. The summed E-state index contributed by atoms with van der Waals surface area (Å²) in [5.74, 6) is -0.195. The van der Waals surface area contributed by atoms with E-state index in [2.05, 4.69) is 20.6 Å². The van der Waals surface area contributed by atoms with Crippen LogP contribution in [-0.4, -0.2) is 28.2 Å². The van der Waals surface area contributed by atoms with Crippen LogP contribution in [0, 0.1) is 5.92 Å². The van der Waals surface area contributed by atoms with Crippen molar-refractivity contribution >= 4 is 45.0 Å². The van der Waals surface area contributed by atoms with Crippen molar-refractivity contribution in [2.24, 2.45) is 5.92 Å². The Morgan fingerprint density at radius 2 is 2.12 bits per heavy atom. The molecule has 0 radical (unpaired) electrons. The molecular weight excluding hydrogens is 457 g/mol. The molecule has 2 aromatic heterocycles. The number of hydrogen-bond donors (Lipinski definition) is 2. The number of aromatic nitrogens is 2. The molecule has 168 valence electrons. The van der Waals surface area contributed by atoms with Crippen molar-refractivity contribution in [2.75, 3.05) is 11.6 Å². The lowest BCUT2D eigenvalue weighted by Gasteiger charge is -2.18. The van der Waals surface area contributed by atoms with Crippen LogP contribution in [0.1, 0.15) is 34.5 Å². The lowest BCUT2D eigenvalue weighted by molar-refractivity contribution is -0.141. The third kappa shape index (κ3) is 5.24. The molecular formula is C22H21F3N4OS2. The molecule has 0 bridgehead atoms. The topological polar surface area (TPSA) is 66.9 Å². The number of amides is 1. The van der Waals surface area contributed by atoms with Crippen LogP contribution in [0.3, 0.4) is 0 Å². The van der Waals surface area contributed by atoms with Gasteiger partial charge in [0.25, 0.3) is 5.91 Å². The van der Waals surface area contributed by atoms with Crippen LogP contribution in [-0.2, 0) is 12.7 Å². The second-order valence-electron chi connectivity index (χ2n) is 7.46. The van der Waals surface area contributed by atoms with Gasteiger partial charge < -0.3 is 10.6 Å². The third-order valence-corrected chi connectivity index (χ3v) is 6.51. The lowest BCUT2D eigenvalue weighted by atomic mass is 10.1. The molecule has 5 nitrogen and oxygen atoms in total. The van der Waals surface area contributed by atoms with Crippen molar-refractivity contribution in [3.8, 4) is 0 Å². The summed E-state index contributed by atoms with van der Waals surface area (Å²) in [6.07, 6.45) is 1.27. The zero-order valence-corrected chi connectivity index (χ0v) is 18.8. The Morgan fingerprint density at radius 1 is 1.31 bits per heavy atom. The fraction of sp³-hybridized carbons (Fsp3) is 0.318. The molecule has 32 heavy (non-hydrogen) atoms. The first-order valence-corrected chi connectivity index (χ1v) is 12.2. The van der Waals surface area contributed by atoms with Gasteiger partial charge in [-0.2, -0.15) is 13.2 Å². The summed E-state index contributed by atoms with van der Waals surface area (Å²) in [4.78, 5) is 21.0. The number of halogens is 3. The zero-order chi connectivity index (χ0) is 22.7. The van der Waals surface area contributed by atoms with E-state index in [1.165, 1.54) is 29.2 Å². The minimum Gasteiger partial charge on any atom is -0.365 e. The average molecular weight is 479 g/mol. The molecule has 1 fully saturated rings.